The number of unbranched alkanes of at least 4 members (excludes halogenated alkanes) is 15. The van der Waals surface area contributed by atoms with Gasteiger partial charge in [-0.25, -0.2) is 4.79 Å². The van der Waals surface area contributed by atoms with Crippen LogP contribution in [-0.2, 0) is 11.8 Å². The first-order valence-corrected chi connectivity index (χ1v) is 17.2. The van der Waals surface area contributed by atoms with Gasteiger partial charge in [-0.05, 0) is 59.4 Å². The van der Waals surface area contributed by atoms with Crippen LogP contribution in [0.1, 0.15) is 172 Å². The molecule has 0 amide bonds. The standard InChI is InChI=1S/C39H62O3/c1-7-8-9-10-11-12-13-14-15-16-17-18-19-20-21-22-25-32-26-23-24-27-36(32)42-37(41)34-30-33(28-29-35(34)40)39(5,6)31-38(2,3)4/h23-24,26-30,40H,7-22,25,31H2,1-6H3. The summed E-state index contributed by atoms with van der Waals surface area (Å²) in [5, 5.41) is 10.5. The maximum Gasteiger partial charge on any atom is 0.347 e. The third-order valence-electron chi connectivity index (χ3n) is 8.45. The van der Waals surface area contributed by atoms with E-state index in [0.29, 0.717) is 5.75 Å². The molecule has 0 heterocycles. The highest BCUT2D eigenvalue weighted by atomic mass is 16.5. The fourth-order valence-electron chi connectivity index (χ4n) is 6.38. The molecule has 0 bridgehead atoms. The van der Waals surface area contributed by atoms with Gasteiger partial charge in [0.2, 0.25) is 0 Å². The minimum absolute atomic E-state index is 0.0365. The number of carbonyl (C=O) groups excluding carboxylic acids is 1. The minimum Gasteiger partial charge on any atom is -0.507 e. The molecule has 0 saturated carbocycles. The fraction of sp³-hybridized carbons (Fsp3) is 0.667. The van der Waals surface area contributed by atoms with E-state index in [1.54, 1.807) is 6.07 Å². The van der Waals surface area contributed by atoms with Crippen LogP contribution in [0.4, 0.5) is 0 Å². The number of phenols is 1. The zero-order chi connectivity index (χ0) is 30.8. The van der Waals surface area contributed by atoms with E-state index in [0.717, 1.165) is 30.4 Å². The van der Waals surface area contributed by atoms with Crippen LogP contribution in [0.5, 0.6) is 11.5 Å². The highest BCUT2D eigenvalue weighted by Gasteiger charge is 2.29. The average Bonchev–Trinajstić information content (AvgIpc) is 2.92. The van der Waals surface area contributed by atoms with Crippen LogP contribution in [0.2, 0.25) is 0 Å². The Bertz CT molecular complexity index is 1030. The molecular weight excluding hydrogens is 516 g/mol. The molecule has 0 aliphatic carbocycles. The molecule has 0 aliphatic rings. The number of carbonyl (C=O) groups is 1. The van der Waals surface area contributed by atoms with E-state index in [4.69, 9.17) is 4.74 Å². The Kier molecular flexibility index (Phi) is 16.3. The zero-order valence-corrected chi connectivity index (χ0v) is 28.0. The van der Waals surface area contributed by atoms with Crippen LogP contribution in [-0.4, -0.2) is 11.1 Å². The van der Waals surface area contributed by atoms with E-state index in [1.807, 2.05) is 30.3 Å². The molecule has 0 radical (unpaired) electrons. The van der Waals surface area contributed by atoms with Gasteiger partial charge in [0.25, 0.3) is 0 Å². The maximum absolute atomic E-state index is 13.2. The Morgan fingerprint density at radius 3 is 1.71 bits per heavy atom. The van der Waals surface area contributed by atoms with Gasteiger partial charge >= 0.3 is 5.97 Å². The van der Waals surface area contributed by atoms with Crippen LogP contribution < -0.4 is 4.74 Å². The predicted octanol–water partition coefficient (Wildman–Crippen LogP) is 12.1. The molecule has 0 atom stereocenters. The van der Waals surface area contributed by atoms with Crippen molar-refractivity contribution in [3.63, 3.8) is 0 Å². The molecule has 3 heteroatoms. The van der Waals surface area contributed by atoms with Gasteiger partial charge in [0.1, 0.15) is 17.1 Å². The van der Waals surface area contributed by atoms with Gasteiger partial charge in [-0.1, -0.05) is 162 Å². The minimum atomic E-state index is -0.500. The second kappa shape index (κ2) is 19.1. The van der Waals surface area contributed by atoms with Crippen LogP contribution in [0.25, 0.3) is 0 Å². The van der Waals surface area contributed by atoms with Gasteiger partial charge in [-0.2, -0.15) is 0 Å². The summed E-state index contributed by atoms with van der Waals surface area (Å²) < 4.78 is 5.86. The number of aromatic hydroxyl groups is 1. The van der Waals surface area contributed by atoms with Crippen molar-refractivity contribution >= 4 is 5.97 Å². The molecule has 2 rings (SSSR count). The number of hydrogen-bond acceptors (Lipinski definition) is 3. The molecular formula is C39H62O3. The molecule has 0 aliphatic heterocycles. The molecule has 0 fully saturated rings. The summed E-state index contributed by atoms with van der Waals surface area (Å²) in [4.78, 5) is 13.2. The van der Waals surface area contributed by atoms with Crippen LogP contribution >= 0.6 is 0 Å². The largest absolute Gasteiger partial charge is 0.507 e. The summed E-state index contributed by atoms with van der Waals surface area (Å²) in [6, 6.07) is 13.2. The maximum atomic E-state index is 13.2. The van der Waals surface area contributed by atoms with Crippen molar-refractivity contribution in [2.75, 3.05) is 0 Å². The Balaban J connectivity index is 1.71. The Morgan fingerprint density at radius 2 is 1.19 bits per heavy atom. The lowest BCUT2D eigenvalue weighted by molar-refractivity contribution is 0.0729. The highest BCUT2D eigenvalue weighted by Crippen LogP contribution is 2.38. The molecule has 2 aromatic rings. The van der Waals surface area contributed by atoms with E-state index in [1.165, 1.54) is 96.3 Å². The molecule has 0 unspecified atom stereocenters. The average molecular weight is 579 g/mol. The number of ether oxygens (including phenoxy) is 1. The normalized spacial score (nSPS) is 12.0. The van der Waals surface area contributed by atoms with E-state index in [2.05, 4.69) is 47.6 Å². The summed E-state index contributed by atoms with van der Waals surface area (Å²) in [5.74, 6) is 0.0631. The SMILES string of the molecule is CCCCCCCCCCCCCCCCCCc1ccccc1OC(=O)c1cc(C(C)(C)CC(C)(C)C)ccc1O. The third kappa shape index (κ3) is 14.3. The molecule has 1 N–H and O–H groups in total. The lowest BCUT2D eigenvalue weighted by Crippen LogP contribution is -2.25. The quantitative estimate of drug-likeness (QED) is 0.0910. The van der Waals surface area contributed by atoms with Gasteiger partial charge in [0, 0.05) is 0 Å². The van der Waals surface area contributed by atoms with Gasteiger partial charge in [0.15, 0.2) is 0 Å². The predicted molar refractivity (Wildman–Crippen MR) is 180 cm³/mol. The second-order valence-corrected chi connectivity index (χ2v) is 14.4. The summed E-state index contributed by atoms with van der Waals surface area (Å²) in [6.45, 7) is 13.3. The zero-order valence-electron chi connectivity index (χ0n) is 28.0. The third-order valence-corrected chi connectivity index (χ3v) is 8.45. The lowest BCUT2D eigenvalue weighted by Gasteiger charge is -2.33. The summed E-state index contributed by atoms with van der Waals surface area (Å²) in [6.07, 6.45) is 23.5. The number of esters is 1. The number of para-hydroxylation sites is 1. The van der Waals surface area contributed by atoms with E-state index in [9.17, 15) is 9.90 Å². The van der Waals surface area contributed by atoms with E-state index in [-0.39, 0.29) is 22.1 Å². The first kappa shape index (κ1) is 35.9. The highest BCUT2D eigenvalue weighted by molar-refractivity contribution is 5.94. The fourth-order valence-corrected chi connectivity index (χ4v) is 6.38. The van der Waals surface area contributed by atoms with Crippen molar-refractivity contribution in [1.29, 1.82) is 0 Å². The number of benzene rings is 2. The number of rotatable bonds is 21. The van der Waals surface area contributed by atoms with Crippen molar-refractivity contribution < 1.29 is 14.6 Å². The first-order valence-electron chi connectivity index (χ1n) is 17.2. The van der Waals surface area contributed by atoms with Crippen LogP contribution in [0.3, 0.4) is 0 Å². The Labute approximate surface area is 258 Å². The van der Waals surface area contributed by atoms with E-state index < -0.39 is 5.97 Å². The van der Waals surface area contributed by atoms with Gasteiger partial charge in [-0.15, -0.1) is 0 Å². The van der Waals surface area contributed by atoms with Crippen molar-refractivity contribution in [3.05, 3.63) is 59.2 Å². The molecule has 0 aromatic heterocycles. The molecule has 236 valence electrons. The Morgan fingerprint density at radius 1 is 0.690 bits per heavy atom. The number of hydrogen-bond donors (Lipinski definition) is 1. The van der Waals surface area contributed by atoms with Crippen molar-refractivity contribution in [1.82, 2.24) is 0 Å². The molecule has 2 aromatic carbocycles. The summed E-state index contributed by atoms with van der Waals surface area (Å²) >= 11 is 0. The second-order valence-electron chi connectivity index (χ2n) is 14.4. The van der Waals surface area contributed by atoms with Crippen molar-refractivity contribution in [3.8, 4) is 11.5 Å². The molecule has 0 saturated heterocycles. The van der Waals surface area contributed by atoms with Gasteiger partial charge in [-0.3, -0.25) is 0 Å². The van der Waals surface area contributed by atoms with Gasteiger partial charge < -0.3 is 9.84 Å². The summed E-state index contributed by atoms with van der Waals surface area (Å²) in [5.41, 5.74) is 2.33. The molecule has 3 nitrogen and oxygen atoms in total. The molecule has 0 spiro atoms. The van der Waals surface area contributed by atoms with E-state index >= 15 is 0 Å². The van der Waals surface area contributed by atoms with Crippen LogP contribution in [0, 0.1) is 5.41 Å². The van der Waals surface area contributed by atoms with Crippen molar-refractivity contribution in [2.24, 2.45) is 5.41 Å². The monoisotopic (exact) mass is 578 g/mol. The van der Waals surface area contributed by atoms with Crippen molar-refractivity contribution in [2.45, 2.75) is 163 Å². The molecule has 42 heavy (non-hydrogen) atoms. The topological polar surface area (TPSA) is 46.5 Å². The Hall–Kier alpha value is -2.29. The van der Waals surface area contributed by atoms with Gasteiger partial charge in [0.05, 0.1) is 0 Å². The van der Waals surface area contributed by atoms with Crippen LogP contribution in [0.15, 0.2) is 42.5 Å². The number of aryl methyl sites for hydroxylation is 1. The summed E-state index contributed by atoms with van der Waals surface area (Å²) in [7, 11) is 0. The number of phenolic OH excluding ortho intramolecular Hbond substituents is 1. The first-order chi connectivity index (χ1) is 20.0. The lowest BCUT2D eigenvalue weighted by atomic mass is 9.72. The smallest absolute Gasteiger partial charge is 0.347 e.